The van der Waals surface area contributed by atoms with E-state index in [0.717, 1.165) is 11.1 Å². The van der Waals surface area contributed by atoms with Crippen LogP contribution in [0.5, 0.6) is 11.5 Å². The number of nitroso groups, excluding NO2 is 1. The van der Waals surface area contributed by atoms with Crippen LogP contribution in [0.25, 0.3) is 11.1 Å². The smallest absolute Gasteiger partial charge is 0.139 e. The number of fused-ring (bicyclic) bond motifs is 3. The molecule has 0 aromatic heterocycles. The van der Waals surface area contributed by atoms with Crippen LogP contribution in [0.15, 0.2) is 102 Å². The number of aliphatic hydroxyl groups is 1. The van der Waals surface area contributed by atoms with E-state index in [9.17, 15) is 10.0 Å². The van der Waals surface area contributed by atoms with E-state index in [4.69, 9.17) is 32.7 Å². The molecule has 0 amide bonds. The largest absolute Gasteiger partial charge is 0.491 e. The minimum absolute atomic E-state index is 0.114. The van der Waals surface area contributed by atoms with Crippen LogP contribution in [-0.4, -0.2) is 42.2 Å². The van der Waals surface area contributed by atoms with Gasteiger partial charge in [-0.1, -0.05) is 78.0 Å². The number of aliphatic hydroxyl groups excluding tert-OH is 1. The lowest BCUT2D eigenvalue weighted by Gasteiger charge is -2.34. The third-order valence-corrected chi connectivity index (χ3v) is 7.63. The van der Waals surface area contributed by atoms with Gasteiger partial charge in [0.1, 0.15) is 36.9 Å². The minimum atomic E-state index is -0.723. The van der Waals surface area contributed by atoms with Gasteiger partial charge in [0.05, 0.1) is 17.2 Å². The molecule has 194 valence electrons. The highest BCUT2D eigenvalue weighted by Crippen LogP contribution is 2.56. The molecule has 4 aromatic carbocycles. The summed E-state index contributed by atoms with van der Waals surface area (Å²) >= 11 is 11.5. The van der Waals surface area contributed by atoms with Gasteiger partial charge in [-0.2, -0.15) is 4.91 Å². The molecule has 5 rings (SSSR count). The van der Waals surface area contributed by atoms with E-state index in [1.807, 2.05) is 24.3 Å². The third-order valence-electron chi connectivity index (χ3n) is 6.92. The third kappa shape index (κ3) is 4.78. The summed E-state index contributed by atoms with van der Waals surface area (Å²) in [5, 5.41) is 12.8. The molecular formula is C31H27Cl2NO4. The van der Waals surface area contributed by atoms with Gasteiger partial charge in [0.2, 0.25) is 0 Å². The number of hydrogen-bond donors (Lipinski definition) is 1. The van der Waals surface area contributed by atoms with Crippen molar-refractivity contribution in [3.63, 3.8) is 0 Å². The normalized spacial score (nSPS) is 14.7. The van der Waals surface area contributed by atoms with Crippen molar-refractivity contribution in [2.75, 3.05) is 25.0 Å². The average molecular weight is 548 g/mol. The summed E-state index contributed by atoms with van der Waals surface area (Å²) < 4.78 is 11.5. The van der Waals surface area contributed by atoms with E-state index in [-0.39, 0.29) is 25.0 Å². The summed E-state index contributed by atoms with van der Waals surface area (Å²) in [6, 6.07) is 32.4. The highest BCUT2D eigenvalue weighted by Gasteiger charge is 2.45. The second-order valence-corrected chi connectivity index (χ2v) is 9.85. The molecule has 0 bridgehead atoms. The summed E-state index contributed by atoms with van der Waals surface area (Å²) in [6.07, 6.45) is -0.723. The second kappa shape index (κ2) is 11.6. The van der Waals surface area contributed by atoms with Crippen molar-refractivity contribution in [1.29, 1.82) is 0 Å². The molecule has 0 saturated heterocycles. The lowest BCUT2D eigenvalue weighted by Crippen LogP contribution is -2.28. The predicted octanol–water partition coefficient (Wildman–Crippen LogP) is 6.78. The lowest BCUT2D eigenvalue weighted by atomic mass is 9.68. The maximum Gasteiger partial charge on any atom is 0.139 e. The van der Waals surface area contributed by atoms with Gasteiger partial charge in [0.25, 0.3) is 0 Å². The maximum absolute atomic E-state index is 10.9. The molecule has 0 saturated carbocycles. The maximum atomic E-state index is 10.9. The minimum Gasteiger partial charge on any atom is -0.491 e. The molecule has 0 heterocycles. The Morgan fingerprint density at radius 3 is 1.61 bits per heavy atom. The molecule has 5 nitrogen and oxygen atoms in total. The van der Waals surface area contributed by atoms with Gasteiger partial charge in [-0.15, -0.1) is 23.2 Å². The van der Waals surface area contributed by atoms with Crippen LogP contribution in [0, 0.1) is 4.91 Å². The second-order valence-electron chi connectivity index (χ2n) is 9.23. The number of benzene rings is 4. The molecule has 0 radical (unpaired) electrons. The Balaban J connectivity index is 1.60. The topological polar surface area (TPSA) is 68.1 Å². The molecule has 1 aliphatic carbocycles. The number of hydrogen-bond acceptors (Lipinski definition) is 5. The first kappa shape index (κ1) is 26.2. The fourth-order valence-corrected chi connectivity index (χ4v) is 5.39. The molecule has 7 heteroatoms. The van der Waals surface area contributed by atoms with Crippen LogP contribution in [0.1, 0.15) is 22.3 Å². The zero-order valence-corrected chi connectivity index (χ0v) is 22.1. The lowest BCUT2D eigenvalue weighted by molar-refractivity contribution is 0.125. The van der Waals surface area contributed by atoms with Crippen molar-refractivity contribution in [3.8, 4) is 22.6 Å². The molecule has 2 atom stereocenters. The quantitative estimate of drug-likeness (QED) is 0.146. The van der Waals surface area contributed by atoms with Gasteiger partial charge >= 0.3 is 0 Å². The van der Waals surface area contributed by atoms with Crippen LogP contribution in [-0.2, 0) is 5.41 Å². The van der Waals surface area contributed by atoms with Crippen LogP contribution in [0.3, 0.4) is 0 Å². The Hall–Kier alpha value is -3.38. The van der Waals surface area contributed by atoms with Crippen LogP contribution < -0.4 is 9.47 Å². The predicted molar refractivity (Wildman–Crippen MR) is 152 cm³/mol. The Morgan fingerprint density at radius 2 is 1.16 bits per heavy atom. The average Bonchev–Trinajstić information content (AvgIpc) is 3.28. The summed E-state index contributed by atoms with van der Waals surface area (Å²) in [5.74, 6) is 1.54. The van der Waals surface area contributed by atoms with E-state index in [1.165, 1.54) is 22.3 Å². The highest BCUT2D eigenvalue weighted by molar-refractivity contribution is 6.18. The van der Waals surface area contributed by atoms with Gasteiger partial charge in [0.15, 0.2) is 0 Å². The van der Waals surface area contributed by atoms with Gasteiger partial charge in [-0.25, -0.2) is 0 Å². The molecule has 1 N–H and O–H groups in total. The van der Waals surface area contributed by atoms with E-state index in [1.54, 1.807) is 0 Å². The molecular weight excluding hydrogens is 521 g/mol. The number of ether oxygens (including phenoxy) is 2. The monoisotopic (exact) mass is 547 g/mol. The standard InChI is InChI=1S/C31H27Cl2NO4/c32-17-23(34-36)19-37-25-13-9-21(10-14-25)31(22-11-15-26(16-12-22)38-20-24(35)18-33)29-7-3-1-5-27(29)28-6-2-4-8-30(28)31/h1-16,23-24,35H,17-20H2. The van der Waals surface area contributed by atoms with Gasteiger partial charge in [0, 0.05) is 0 Å². The number of halogens is 2. The Kier molecular flexibility index (Phi) is 7.98. The molecule has 4 aromatic rings. The molecule has 2 unspecified atom stereocenters. The fourth-order valence-electron chi connectivity index (χ4n) is 5.16. The Labute approximate surface area is 231 Å². The molecule has 0 fully saturated rings. The van der Waals surface area contributed by atoms with Crippen molar-refractivity contribution in [2.45, 2.75) is 17.6 Å². The first-order valence-electron chi connectivity index (χ1n) is 12.4. The van der Waals surface area contributed by atoms with Crippen molar-refractivity contribution in [2.24, 2.45) is 5.18 Å². The van der Waals surface area contributed by atoms with Crippen LogP contribution >= 0.6 is 23.2 Å². The molecule has 38 heavy (non-hydrogen) atoms. The van der Waals surface area contributed by atoms with E-state index in [0.29, 0.717) is 11.5 Å². The van der Waals surface area contributed by atoms with Crippen molar-refractivity contribution >= 4 is 23.2 Å². The summed E-state index contributed by atoms with van der Waals surface area (Å²) in [5.41, 5.74) is 6.36. The van der Waals surface area contributed by atoms with Crippen molar-refractivity contribution in [3.05, 3.63) is 124 Å². The van der Waals surface area contributed by atoms with Crippen LogP contribution in [0.2, 0.25) is 0 Å². The molecule has 0 aliphatic heterocycles. The van der Waals surface area contributed by atoms with Crippen molar-refractivity contribution < 1.29 is 14.6 Å². The van der Waals surface area contributed by atoms with Gasteiger partial charge in [-0.3, -0.25) is 0 Å². The van der Waals surface area contributed by atoms with Gasteiger partial charge in [-0.05, 0) is 57.6 Å². The SMILES string of the molecule is O=NC(CCl)COc1ccc(C2(c3ccc(OCC(O)CCl)cc3)c3ccccc3-c3ccccc32)cc1. The summed E-state index contributed by atoms with van der Waals surface area (Å²) in [7, 11) is 0. The number of nitrogens with zero attached hydrogens (tertiary/aromatic N) is 1. The highest BCUT2D eigenvalue weighted by atomic mass is 35.5. The van der Waals surface area contributed by atoms with Crippen LogP contribution in [0.4, 0.5) is 0 Å². The van der Waals surface area contributed by atoms with E-state index >= 15 is 0 Å². The number of rotatable bonds is 11. The first-order chi connectivity index (χ1) is 18.6. The molecule has 0 spiro atoms. The zero-order valence-electron chi connectivity index (χ0n) is 20.6. The number of alkyl halides is 2. The Bertz CT molecular complexity index is 1350. The van der Waals surface area contributed by atoms with Gasteiger partial charge < -0.3 is 14.6 Å². The fraction of sp³-hybridized carbons (Fsp3) is 0.226. The Morgan fingerprint density at radius 1 is 0.684 bits per heavy atom. The van der Waals surface area contributed by atoms with Crippen molar-refractivity contribution in [1.82, 2.24) is 0 Å². The zero-order chi connectivity index (χ0) is 26.5. The summed E-state index contributed by atoms with van der Waals surface area (Å²) in [4.78, 5) is 10.9. The van der Waals surface area contributed by atoms with E-state index < -0.39 is 17.6 Å². The molecule has 1 aliphatic rings. The first-order valence-corrected chi connectivity index (χ1v) is 13.5. The van der Waals surface area contributed by atoms with E-state index in [2.05, 4.69) is 78.0 Å². The summed E-state index contributed by atoms with van der Waals surface area (Å²) in [6.45, 7) is 0.258.